The summed E-state index contributed by atoms with van der Waals surface area (Å²) in [6.07, 6.45) is 9.22. The summed E-state index contributed by atoms with van der Waals surface area (Å²) in [5, 5.41) is 12.0. The molecule has 1 aliphatic rings. The van der Waals surface area contributed by atoms with Crippen LogP contribution in [-0.4, -0.2) is 26.4 Å². The number of hydrogen-bond donors (Lipinski definition) is 2. The van der Waals surface area contributed by atoms with Crippen molar-refractivity contribution in [3.05, 3.63) is 143 Å². The molecule has 0 spiro atoms. The number of nitrogens with one attached hydrogen (secondary N) is 2. The lowest BCUT2D eigenvalue weighted by molar-refractivity contribution is -0.143. The molecule has 4 aromatic carbocycles. The molecular formula is C40H44FN5O2. The molecule has 0 radical (unpaired) electrons. The molecule has 1 amide bonds. The highest BCUT2D eigenvalue weighted by molar-refractivity contribution is 5.74. The van der Waals surface area contributed by atoms with Crippen LogP contribution in [0.3, 0.4) is 0 Å². The number of halogens is 1. The second kappa shape index (κ2) is 15.5. The number of aromatic nitrogens is 3. The third kappa shape index (κ3) is 7.89. The van der Waals surface area contributed by atoms with Gasteiger partial charge in [-0.05, 0) is 61.8 Å². The van der Waals surface area contributed by atoms with Crippen LogP contribution >= 0.6 is 0 Å². The van der Waals surface area contributed by atoms with E-state index in [1.807, 2.05) is 109 Å². The quantitative estimate of drug-likeness (QED) is 0.0644. The summed E-state index contributed by atoms with van der Waals surface area (Å²) in [5.41, 5.74) is 6.74. The van der Waals surface area contributed by atoms with Gasteiger partial charge in [-0.2, -0.15) is 0 Å². The predicted molar refractivity (Wildman–Crippen MR) is 186 cm³/mol. The highest BCUT2D eigenvalue weighted by Crippen LogP contribution is 2.39. The van der Waals surface area contributed by atoms with E-state index in [1.54, 1.807) is 10.7 Å². The molecule has 0 unspecified atom stereocenters. The van der Waals surface area contributed by atoms with E-state index in [2.05, 4.69) is 28.0 Å². The van der Waals surface area contributed by atoms with Gasteiger partial charge < -0.3 is 5.32 Å². The number of hydrogen-bond acceptors (Lipinski definition) is 5. The summed E-state index contributed by atoms with van der Waals surface area (Å²) >= 11 is 0. The molecule has 1 saturated carbocycles. The molecule has 1 aliphatic carbocycles. The maximum Gasteiger partial charge on any atom is 0.243 e. The number of hydroxylamine groups is 1. The smallest absolute Gasteiger partial charge is 0.243 e. The van der Waals surface area contributed by atoms with Crippen molar-refractivity contribution in [1.82, 2.24) is 25.8 Å². The Balaban J connectivity index is 0.972. The zero-order chi connectivity index (χ0) is 33.2. The second-order valence-electron chi connectivity index (χ2n) is 13.0. The molecule has 48 heavy (non-hydrogen) atoms. The third-order valence-corrected chi connectivity index (χ3v) is 9.45. The first-order valence-electron chi connectivity index (χ1n) is 17.0. The fourth-order valence-electron chi connectivity index (χ4n) is 6.38. The van der Waals surface area contributed by atoms with Crippen molar-refractivity contribution in [3.8, 4) is 11.3 Å². The van der Waals surface area contributed by atoms with Crippen molar-refractivity contribution in [2.75, 3.05) is 0 Å². The molecule has 248 valence electrons. The third-order valence-electron chi connectivity index (χ3n) is 9.45. The van der Waals surface area contributed by atoms with Crippen LogP contribution in [0.15, 0.2) is 115 Å². The minimum Gasteiger partial charge on any atom is -0.307 e. The Bertz CT molecular complexity index is 1660. The van der Waals surface area contributed by atoms with Gasteiger partial charge in [0.2, 0.25) is 5.91 Å². The molecular weight excluding hydrogens is 601 g/mol. The van der Waals surface area contributed by atoms with Crippen LogP contribution in [0.25, 0.3) is 11.3 Å². The van der Waals surface area contributed by atoms with Crippen LogP contribution in [-0.2, 0) is 28.3 Å². The molecule has 0 bridgehead atoms. The van der Waals surface area contributed by atoms with E-state index in [4.69, 9.17) is 4.84 Å². The Kier molecular flexibility index (Phi) is 10.7. The lowest BCUT2D eigenvalue weighted by Gasteiger charge is -2.39. The Morgan fingerprint density at radius 2 is 1.46 bits per heavy atom. The number of aryl methyl sites for hydroxylation is 1. The number of unbranched alkanes of at least 4 members (excludes halogenated alkanes) is 3. The van der Waals surface area contributed by atoms with Crippen LogP contribution in [0, 0.1) is 5.82 Å². The molecule has 1 fully saturated rings. The van der Waals surface area contributed by atoms with Crippen molar-refractivity contribution in [1.29, 1.82) is 0 Å². The van der Waals surface area contributed by atoms with Gasteiger partial charge in [0.05, 0.1) is 6.20 Å². The highest BCUT2D eigenvalue weighted by Gasteiger charge is 2.39. The fraction of sp³-hybridized carbons (Fsp3) is 0.325. The molecule has 6 rings (SSSR count). The van der Waals surface area contributed by atoms with Gasteiger partial charge in [-0.3, -0.25) is 14.3 Å². The van der Waals surface area contributed by atoms with Gasteiger partial charge in [0.1, 0.15) is 11.5 Å². The summed E-state index contributed by atoms with van der Waals surface area (Å²) in [6.45, 7) is 3.43. The first kappa shape index (κ1) is 33.2. The molecule has 1 heterocycles. The zero-order valence-corrected chi connectivity index (χ0v) is 27.6. The van der Waals surface area contributed by atoms with Crippen LogP contribution in [0.1, 0.15) is 80.5 Å². The van der Waals surface area contributed by atoms with Crippen molar-refractivity contribution in [2.45, 2.75) is 82.5 Å². The largest absolute Gasteiger partial charge is 0.307 e. The van der Waals surface area contributed by atoms with E-state index in [0.717, 1.165) is 60.8 Å². The predicted octanol–water partition coefficient (Wildman–Crippen LogP) is 8.11. The molecule has 0 aliphatic heterocycles. The fourth-order valence-corrected chi connectivity index (χ4v) is 6.38. The second-order valence-corrected chi connectivity index (χ2v) is 13.0. The molecule has 7 nitrogen and oxygen atoms in total. The normalized spacial score (nSPS) is 14.0. The van der Waals surface area contributed by atoms with Crippen molar-refractivity contribution >= 4 is 5.91 Å². The van der Waals surface area contributed by atoms with Gasteiger partial charge in [-0.25, -0.2) is 9.87 Å². The standard InChI is InChI=1S/C40H44FN5O2/c1-39(25-15-26-39)42-29-32-24-23-31(28-36(32)41)37-30-46(45-43-37)27-14-3-2-13-22-38(47)44-48-40(33-16-7-4-8-17-33,34-18-9-5-10-19-34)35-20-11-6-12-21-35/h4-12,16-21,23-24,28,30,42H,2-3,13-15,22,25-27,29H2,1H3,(H,44,47). The maximum atomic E-state index is 14.8. The lowest BCUT2D eigenvalue weighted by atomic mass is 9.78. The molecule has 1 aromatic heterocycles. The Morgan fingerprint density at radius 1 is 0.854 bits per heavy atom. The van der Waals surface area contributed by atoms with Crippen molar-refractivity contribution < 1.29 is 14.0 Å². The van der Waals surface area contributed by atoms with Crippen LogP contribution in [0.4, 0.5) is 4.39 Å². The zero-order valence-electron chi connectivity index (χ0n) is 27.6. The van der Waals surface area contributed by atoms with Gasteiger partial charge in [0.15, 0.2) is 5.60 Å². The number of amides is 1. The minimum absolute atomic E-state index is 0.134. The minimum atomic E-state index is -1.00. The van der Waals surface area contributed by atoms with Gasteiger partial charge in [0, 0.05) is 36.2 Å². The number of nitrogens with zero attached hydrogens (tertiary/aromatic N) is 3. The van der Waals surface area contributed by atoms with Crippen LogP contribution < -0.4 is 10.8 Å². The first-order valence-corrected chi connectivity index (χ1v) is 17.0. The molecule has 8 heteroatoms. The van der Waals surface area contributed by atoms with E-state index >= 15 is 0 Å². The number of benzene rings is 4. The van der Waals surface area contributed by atoms with E-state index in [1.165, 1.54) is 6.42 Å². The summed E-state index contributed by atoms with van der Waals surface area (Å²) in [6, 6.07) is 35.2. The average Bonchev–Trinajstić information content (AvgIpc) is 3.59. The summed E-state index contributed by atoms with van der Waals surface area (Å²) in [7, 11) is 0. The number of rotatable bonds is 16. The Hall–Kier alpha value is -4.66. The van der Waals surface area contributed by atoms with Gasteiger partial charge in [-0.15, -0.1) is 5.10 Å². The molecule has 2 N–H and O–H groups in total. The highest BCUT2D eigenvalue weighted by atomic mass is 19.1. The van der Waals surface area contributed by atoms with Crippen LogP contribution in [0.5, 0.6) is 0 Å². The van der Waals surface area contributed by atoms with Gasteiger partial charge in [0.25, 0.3) is 0 Å². The van der Waals surface area contributed by atoms with Crippen molar-refractivity contribution in [3.63, 3.8) is 0 Å². The SMILES string of the molecule is CC1(NCc2ccc(-c3cn(CCCCCCC(=O)NOC(c4ccccc4)(c4ccccc4)c4ccccc4)nn3)cc2F)CCC1. The summed E-state index contributed by atoms with van der Waals surface area (Å²) in [5.74, 6) is -0.382. The average molecular weight is 646 g/mol. The lowest BCUT2D eigenvalue weighted by Crippen LogP contribution is -2.47. The van der Waals surface area contributed by atoms with E-state index in [0.29, 0.717) is 30.8 Å². The summed E-state index contributed by atoms with van der Waals surface area (Å²) in [4.78, 5) is 19.5. The van der Waals surface area contributed by atoms with Crippen molar-refractivity contribution in [2.24, 2.45) is 0 Å². The Labute approximate surface area is 282 Å². The maximum absolute atomic E-state index is 14.8. The first-order chi connectivity index (χ1) is 23.5. The molecule has 0 atom stereocenters. The summed E-state index contributed by atoms with van der Waals surface area (Å²) < 4.78 is 16.6. The Morgan fingerprint density at radius 3 is 2.02 bits per heavy atom. The number of carbonyl (C=O) groups excluding carboxylic acids is 1. The van der Waals surface area contributed by atoms with E-state index in [9.17, 15) is 9.18 Å². The van der Waals surface area contributed by atoms with E-state index in [-0.39, 0.29) is 17.3 Å². The molecule has 0 saturated heterocycles. The molecule has 5 aromatic rings. The van der Waals surface area contributed by atoms with E-state index < -0.39 is 5.60 Å². The number of carbonyl (C=O) groups is 1. The monoisotopic (exact) mass is 645 g/mol. The van der Waals surface area contributed by atoms with Gasteiger partial charge >= 0.3 is 0 Å². The van der Waals surface area contributed by atoms with Crippen LogP contribution in [0.2, 0.25) is 0 Å². The van der Waals surface area contributed by atoms with Gasteiger partial charge in [-0.1, -0.05) is 121 Å². The topological polar surface area (TPSA) is 81.1 Å².